The molecule has 10 heteroatoms. The molecule has 1 heterocycles. The third-order valence-corrected chi connectivity index (χ3v) is 5.01. The first-order chi connectivity index (χ1) is 12.6. The van der Waals surface area contributed by atoms with Crippen molar-refractivity contribution in [1.82, 2.24) is 5.32 Å². The average Bonchev–Trinajstić information content (AvgIpc) is 2.85. The van der Waals surface area contributed by atoms with E-state index in [1.807, 2.05) is 0 Å². The summed E-state index contributed by atoms with van der Waals surface area (Å²) in [4.78, 5) is 36.1. The number of carbonyl (C=O) groups is 3. The molecule has 0 bridgehead atoms. The van der Waals surface area contributed by atoms with Crippen LogP contribution in [0.15, 0.2) is 35.5 Å². The number of anilines is 1. The topological polar surface area (TPSA) is 88.1 Å². The number of nitrogens with zero attached hydrogens (tertiary/aromatic N) is 2. The van der Waals surface area contributed by atoms with Crippen LogP contribution in [0, 0.1) is 0 Å². The Labute approximate surface area is 170 Å². The minimum absolute atomic E-state index is 0.117. The highest BCUT2D eigenvalue weighted by Gasteiger charge is 2.40. The molecule has 1 aromatic carbocycles. The summed E-state index contributed by atoms with van der Waals surface area (Å²) in [5.41, 5.74) is -0.160. The lowest BCUT2D eigenvalue weighted by Crippen LogP contribution is -2.39. The second-order valence-corrected chi connectivity index (χ2v) is 7.93. The van der Waals surface area contributed by atoms with E-state index >= 15 is 0 Å². The molecule has 0 fully saturated rings. The van der Waals surface area contributed by atoms with Gasteiger partial charge in [-0.25, -0.2) is 4.79 Å². The van der Waals surface area contributed by atoms with Crippen molar-refractivity contribution >= 4 is 64.3 Å². The second kappa shape index (κ2) is 8.77. The number of amides is 2. The van der Waals surface area contributed by atoms with E-state index in [4.69, 9.17) is 27.9 Å². The third kappa shape index (κ3) is 5.24. The number of thioether (sulfide) groups is 1. The van der Waals surface area contributed by atoms with Crippen molar-refractivity contribution in [2.75, 3.05) is 5.01 Å². The second-order valence-electron chi connectivity index (χ2n) is 5.68. The molecule has 144 valence electrons. The molecule has 2 amide bonds. The zero-order valence-corrected chi connectivity index (χ0v) is 17.1. The van der Waals surface area contributed by atoms with Gasteiger partial charge in [-0.3, -0.25) is 9.59 Å². The monoisotopic (exact) mass is 429 g/mol. The Morgan fingerprint density at radius 3 is 2.63 bits per heavy atom. The molecule has 0 saturated carbocycles. The smallest absolute Gasteiger partial charge is 0.334 e. The van der Waals surface area contributed by atoms with E-state index in [2.05, 4.69) is 17.0 Å². The first-order valence-corrected chi connectivity index (χ1v) is 9.47. The van der Waals surface area contributed by atoms with E-state index in [1.54, 1.807) is 13.0 Å². The maximum absolute atomic E-state index is 12.9. The average molecular weight is 430 g/mol. The minimum Gasteiger partial charge on any atom is -0.448 e. The van der Waals surface area contributed by atoms with E-state index in [9.17, 15) is 14.4 Å². The van der Waals surface area contributed by atoms with Crippen molar-refractivity contribution in [2.24, 2.45) is 5.10 Å². The number of benzene rings is 1. The number of halogens is 2. The van der Waals surface area contributed by atoms with Crippen molar-refractivity contribution in [2.45, 2.75) is 31.5 Å². The lowest BCUT2D eigenvalue weighted by Gasteiger charge is -2.18. The molecule has 0 saturated heterocycles. The molecule has 0 spiro atoms. The molecule has 0 aromatic heterocycles. The summed E-state index contributed by atoms with van der Waals surface area (Å²) in [6, 6.07) is 4.61. The molecule has 1 N–H and O–H groups in total. The molecule has 2 rings (SSSR count). The Balaban J connectivity index is 2.28. The van der Waals surface area contributed by atoms with Gasteiger partial charge >= 0.3 is 5.97 Å². The number of ether oxygens (including phenoxy) is 1. The summed E-state index contributed by atoms with van der Waals surface area (Å²) < 4.78 is 5.20. The van der Waals surface area contributed by atoms with Gasteiger partial charge in [-0.05, 0) is 32.0 Å². The molecular formula is C17H17Cl2N3O4S. The SMILES string of the molecule is C=C(C)C(=O)OC(C)SC1C(=O)N(c2cc(Cl)ccc2Cl)N=C1NC(C)=O. The summed E-state index contributed by atoms with van der Waals surface area (Å²) >= 11 is 13.2. The van der Waals surface area contributed by atoms with Gasteiger partial charge in [0.05, 0.1) is 10.7 Å². The van der Waals surface area contributed by atoms with E-state index in [1.165, 1.54) is 26.0 Å². The number of hydrazone groups is 1. The minimum atomic E-state index is -0.892. The van der Waals surface area contributed by atoms with Crippen molar-refractivity contribution < 1.29 is 19.1 Å². The molecule has 2 unspecified atom stereocenters. The number of nitrogens with one attached hydrogen (secondary N) is 1. The van der Waals surface area contributed by atoms with Crippen LogP contribution in [0.4, 0.5) is 5.69 Å². The van der Waals surface area contributed by atoms with Gasteiger partial charge in [0.25, 0.3) is 5.91 Å². The maximum atomic E-state index is 12.9. The van der Waals surface area contributed by atoms with Crippen LogP contribution in [0.2, 0.25) is 10.0 Å². The number of amidine groups is 1. The van der Waals surface area contributed by atoms with Crippen molar-refractivity contribution in [3.63, 3.8) is 0 Å². The summed E-state index contributed by atoms with van der Waals surface area (Å²) in [6.45, 7) is 7.94. The summed E-state index contributed by atoms with van der Waals surface area (Å²) in [6.07, 6.45) is 0. The maximum Gasteiger partial charge on any atom is 0.334 e. The first kappa shape index (κ1) is 21.3. The van der Waals surface area contributed by atoms with E-state index in [0.717, 1.165) is 16.8 Å². The molecule has 1 aliphatic rings. The summed E-state index contributed by atoms with van der Waals surface area (Å²) in [5, 5.41) is 7.53. The Morgan fingerprint density at radius 1 is 1.37 bits per heavy atom. The predicted octanol–water partition coefficient (Wildman–Crippen LogP) is 3.36. The highest BCUT2D eigenvalue weighted by atomic mass is 35.5. The lowest BCUT2D eigenvalue weighted by molar-refractivity contribution is -0.139. The number of hydrogen-bond acceptors (Lipinski definition) is 6. The van der Waals surface area contributed by atoms with Crippen LogP contribution in [-0.2, 0) is 19.1 Å². The van der Waals surface area contributed by atoms with Gasteiger partial charge in [0.1, 0.15) is 10.7 Å². The van der Waals surface area contributed by atoms with Gasteiger partial charge in [0, 0.05) is 17.5 Å². The zero-order chi connectivity index (χ0) is 20.3. The lowest BCUT2D eigenvalue weighted by atomic mass is 10.3. The zero-order valence-electron chi connectivity index (χ0n) is 14.8. The van der Waals surface area contributed by atoms with Gasteiger partial charge in [-0.2, -0.15) is 5.01 Å². The Kier molecular flexibility index (Phi) is 6.91. The van der Waals surface area contributed by atoms with E-state index in [0.29, 0.717) is 5.02 Å². The fourth-order valence-corrected chi connectivity index (χ4v) is 3.46. The Hall–Kier alpha value is -2.03. The van der Waals surface area contributed by atoms with Gasteiger partial charge in [-0.15, -0.1) is 5.10 Å². The predicted molar refractivity (Wildman–Crippen MR) is 107 cm³/mol. The molecular weight excluding hydrogens is 413 g/mol. The van der Waals surface area contributed by atoms with Crippen LogP contribution in [0.5, 0.6) is 0 Å². The number of esters is 1. The van der Waals surface area contributed by atoms with Crippen molar-refractivity contribution in [3.8, 4) is 0 Å². The first-order valence-electron chi connectivity index (χ1n) is 7.77. The molecule has 27 heavy (non-hydrogen) atoms. The van der Waals surface area contributed by atoms with Gasteiger partial charge < -0.3 is 10.1 Å². The normalized spacial score (nSPS) is 17.4. The van der Waals surface area contributed by atoms with Crippen LogP contribution in [0.3, 0.4) is 0 Å². The van der Waals surface area contributed by atoms with Gasteiger partial charge in [0.2, 0.25) is 5.91 Å². The van der Waals surface area contributed by atoms with Crippen LogP contribution in [0.1, 0.15) is 20.8 Å². The van der Waals surface area contributed by atoms with Crippen LogP contribution in [-0.4, -0.2) is 34.3 Å². The summed E-state index contributed by atoms with van der Waals surface area (Å²) in [5.74, 6) is -1.30. The Bertz CT molecular complexity index is 843. The third-order valence-electron chi connectivity index (χ3n) is 3.28. The van der Waals surface area contributed by atoms with Gasteiger partial charge in [-0.1, -0.05) is 41.5 Å². The molecule has 0 radical (unpaired) electrons. The largest absolute Gasteiger partial charge is 0.448 e. The highest BCUT2D eigenvalue weighted by Crippen LogP contribution is 2.35. The van der Waals surface area contributed by atoms with Crippen molar-refractivity contribution in [1.29, 1.82) is 0 Å². The molecule has 1 aromatic rings. The number of carbonyl (C=O) groups excluding carboxylic acids is 3. The summed E-state index contributed by atoms with van der Waals surface area (Å²) in [7, 11) is 0. The van der Waals surface area contributed by atoms with Crippen LogP contribution >= 0.6 is 35.0 Å². The fourth-order valence-electron chi connectivity index (χ4n) is 2.12. The molecule has 0 aliphatic carbocycles. The standard InChI is InChI=1S/C17H17Cl2N3O4S/c1-8(2)17(25)26-10(4)27-14-15(20-9(3)23)21-22(16(14)24)13-7-11(18)5-6-12(13)19/h5-7,10,14H,1H2,2-4H3,(H,20,21,23). The molecule has 1 aliphatic heterocycles. The molecule has 7 nitrogen and oxygen atoms in total. The van der Waals surface area contributed by atoms with E-state index in [-0.39, 0.29) is 22.1 Å². The van der Waals surface area contributed by atoms with Crippen molar-refractivity contribution in [3.05, 3.63) is 40.4 Å². The van der Waals surface area contributed by atoms with Gasteiger partial charge in [0.15, 0.2) is 5.84 Å². The number of hydrogen-bond donors (Lipinski definition) is 1. The van der Waals surface area contributed by atoms with Crippen LogP contribution in [0.25, 0.3) is 0 Å². The fraction of sp³-hybridized carbons (Fsp3) is 0.294. The highest BCUT2D eigenvalue weighted by molar-refractivity contribution is 8.01. The Morgan fingerprint density at radius 2 is 2.04 bits per heavy atom. The van der Waals surface area contributed by atoms with E-state index < -0.39 is 28.5 Å². The quantitative estimate of drug-likeness (QED) is 0.440. The molecule has 2 atom stereocenters. The van der Waals surface area contributed by atoms with Crippen LogP contribution < -0.4 is 10.3 Å². The number of rotatable bonds is 5.